The number of sulfonamides is 1. The molecule has 3 heterocycles. The van der Waals surface area contributed by atoms with Crippen LogP contribution in [0.2, 0.25) is 0 Å². The topological polar surface area (TPSA) is 94.3 Å². The van der Waals surface area contributed by atoms with E-state index in [9.17, 15) is 8.42 Å². The molecule has 1 N–H and O–H groups in total. The van der Waals surface area contributed by atoms with Crippen LogP contribution >= 0.6 is 11.3 Å². The number of aryl methyl sites for hydroxylation is 2. The summed E-state index contributed by atoms with van der Waals surface area (Å²) in [6.45, 7) is 5.60. The number of ether oxygens (including phenoxy) is 1. The van der Waals surface area contributed by atoms with Crippen LogP contribution in [-0.4, -0.2) is 25.7 Å². The molecule has 0 bridgehead atoms. The second-order valence-electron chi connectivity index (χ2n) is 5.78. The van der Waals surface area contributed by atoms with Gasteiger partial charge in [-0.1, -0.05) is 5.16 Å². The lowest BCUT2D eigenvalue weighted by Gasteiger charge is -2.13. The zero-order chi connectivity index (χ0) is 18.9. The first-order chi connectivity index (χ1) is 12.3. The van der Waals surface area contributed by atoms with Gasteiger partial charge in [-0.2, -0.15) is 0 Å². The van der Waals surface area contributed by atoms with Crippen LogP contribution in [0.15, 0.2) is 33.9 Å². The SMILES string of the molecule is COc1c(C)cnc(CNS(=O)(=O)c2cc(-c3ccno3)sc2C)c1C. The van der Waals surface area contributed by atoms with Crippen molar-refractivity contribution in [2.75, 3.05) is 7.11 Å². The molecular formula is C17H19N3O4S2. The molecule has 0 aliphatic carbocycles. The smallest absolute Gasteiger partial charge is 0.242 e. The van der Waals surface area contributed by atoms with Gasteiger partial charge in [-0.3, -0.25) is 4.98 Å². The first kappa shape index (κ1) is 18.6. The first-order valence-electron chi connectivity index (χ1n) is 7.83. The molecule has 0 aliphatic heterocycles. The summed E-state index contributed by atoms with van der Waals surface area (Å²) in [6, 6.07) is 3.29. The second-order valence-corrected chi connectivity index (χ2v) is 8.77. The molecule has 7 nitrogen and oxygen atoms in total. The van der Waals surface area contributed by atoms with Crippen molar-refractivity contribution in [3.63, 3.8) is 0 Å². The van der Waals surface area contributed by atoms with E-state index in [0.29, 0.717) is 27.0 Å². The highest BCUT2D eigenvalue weighted by molar-refractivity contribution is 7.89. The van der Waals surface area contributed by atoms with E-state index in [2.05, 4.69) is 14.9 Å². The minimum absolute atomic E-state index is 0.0811. The molecule has 3 aromatic rings. The summed E-state index contributed by atoms with van der Waals surface area (Å²) in [5, 5.41) is 3.66. The number of nitrogens with zero attached hydrogens (tertiary/aromatic N) is 2. The van der Waals surface area contributed by atoms with Gasteiger partial charge in [0, 0.05) is 28.3 Å². The van der Waals surface area contributed by atoms with Crippen LogP contribution in [-0.2, 0) is 16.6 Å². The summed E-state index contributed by atoms with van der Waals surface area (Å²) >= 11 is 1.34. The van der Waals surface area contributed by atoms with Crippen molar-refractivity contribution in [2.45, 2.75) is 32.2 Å². The van der Waals surface area contributed by atoms with Crippen LogP contribution in [0.4, 0.5) is 0 Å². The number of rotatable bonds is 6. The van der Waals surface area contributed by atoms with Gasteiger partial charge in [-0.25, -0.2) is 13.1 Å². The highest BCUT2D eigenvalue weighted by atomic mass is 32.2. The van der Waals surface area contributed by atoms with Gasteiger partial charge >= 0.3 is 0 Å². The maximum atomic E-state index is 12.7. The predicted octanol–water partition coefficient (Wildman–Crippen LogP) is 3.21. The molecule has 0 saturated carbocycles. The normalized spacial score (nSPS) is 11.7. The molecular weight excluding hydrogens is 374 g/mol. The lowest BCUT2D eigenvalue weighted by Crippen LogP contribution is -2.24. The maximum Gasteiger partial charge on any atom is 0.242 e. The van der Waals surface area contributed by atoms with Gasteiger partial charge in [0.1, 0.15) is 5.75 Å². The number of hydrogen-bond acceptors (Lipinski definition) is 7. The van der Waals surface area contributed by atoms with E-state index in [-0.39, 0.29) is 11.4 Å². The Morgan fingerprint density at radius 1 is 1.31 bits per heavy atom. The summed E-state index contributed by atoms with van der Waals surface area (Å²) < 4.78 is 38.6. The molecule has 0 fully saturated rings. The van der Waals surface area contributed by atoms with Crippen LogP contribution in [0.3, 0.4) is 0 Å². The van der Waals surface area contributed by atoms with Crippen molar-refractivity contribution in [1.29, 1.82) is 0 Å². The number of pyridine rings is 1. The summed E-state index contributed by atoms with van der Waals surface area (Å²) in [5.74, 6) is 1.26. The zero-order valence-corrected chi connectivity index (χ0v) is 16.5. The Hall–Kier alpha value is -2.23. The molecule has 3 aromatic heterocycles. The van der Waals surface area contributed by atoms with Crippen molar-refractivity contribution in [2.24, 2.45) is 0 Å². The largest absolute Gasteiger partial charge is 0.496 e. The number of aromatic nitrogens is 2. The van der Waals surface area contributed by atoms with E-state index in [1.54, 1.807) is 32.4 Å². The van der Waals surface area contributed by atoms with E-state index >= 15 is 0 Å². The molecule has 9 heteroatoms. The van der Waals surface area contributed by atoms with Gasteiger partial charge in [0.05, 0.1) is 35.3 Å². The number of methoxy groups -OCH3 is 1. The Bertz CT molecular complexity index is 1020. The van der Waals surface area contributed by atoms with Crippen LogP contribution < -0.4 is 9.46 Å². The number of nitrogens with one attached hydrogen (secondary N) is 1. The monoisotopic (exact) mass is 393 g/mol. The van der Waals surface area contributed by atoms with Crippen molar-refractivity contribution >= 4 is 21.4 Å². The van der Waals surface area contributed by atoms with Gasteiger partial charge in [-0.15, -0.1) is 11.3 Å². The van der Waals surface area contributed by atoms with Crippen LogP contribution in [0.1, 0.15) is 21.7 Å². The first-order valence-corrected chi connectivity index (χ1v) is 10.1. The Balaban J connectivity index is 1.85. The lowest BCUT2D eigenvalue weighted by atomic mass is 10.1. The molecule has 0 aliphatic rings. The van der Waals surface area contributed by atoms with E-state index in [4.69, 9.17) is 9.26 Å². The van der Waals surface area contributed by atoms with Crippen molar-refractivity contribution in [3.05, 3.63) is 46.2 Å². The Morgan fingerprint density at radius 2 is 2.08 bits per heavy atom. The van der Waals surface area contributed by atoms with Crippen molar-refractivity contribution in [1.82, 2.24) is 14.9 Å². The highest BCUT2D eigenvalue weighted by Gasteiger charge is 2.22. The van der Waals surface area contributed by atoms with Gasteiger partial charge in [0.25, 0.3) is 0 Å². The molecule has 0 radical (unpaired) electrons. The fraction of sp³-hybridized carbons (Fsp3) is 0.294. The van der Waals surface area contributed by atoms with Gasteiger partial charge in [-0.05, 0) is 26.8 Å². The molecule has 138 valence electrons. The molecule has 0 saturated heterocycles. The average molecular weight is 393 g/mol. The highest BCUT2D eigenvalue weighted by Crippen LogP contribution is 2.33. The summed E-state index contributed by atoms with van der Waals surface area (Å²) in [4.78, 5) is 5.94. The fourth-order valence-electron chi connectivity index (χ4n) is 2.69. The second kappa shape index (κ2) is 7.18. The standard InChI is InChI=1S/C17H19N3O4S2/c1-10-8-18-13(11(2)17(10)23-4)9-20-26(21,22)16-7-15(25-12(16)3)14-5-6-19-24-14/h5-8,20H,9H2,1-4H3. The predicted molar refractivity (Wildman–Crippen MR) is 98.8 cm³/mol. The summed E-state index contributed by atoms with van der Waals surface area (Å²) in [5.41, 5.74) is 2.35. The summed E-state index contributed by atoms with van der Waals surface area (Å²) in [6.07, 6.45) is 3.20. The third-order valence-corrected chi connectivity index (χ3v) is 6.74. The zero-order valence-electron chi connectivity index (χ0n) is 14.9. The van der Waals surface area contributed by atoms with E-state index in [1.807, 2.05) is 13.8 Å². The fourth-order valence-corrected chi connectivity index (χ4v) is 5.22. The molecule has 0 unspecified atom stereocenters. The molecule has 26 heavy (non-hydrogen) atoms. The Kier molecular flexibility index (Phi) is 5.12. The average Bonchev–Trinajstić information content (AvgIpc) is 3.24. The van der Waals surface area contributed by atoms with E-state index in [1.165, 1.54) is 17.5 Å². The van der Waals surface area contributed by atoms with Crippen molar-refractivity contribution in [3.8, 4) is 16.4 Å². The van der Waals surface area contributed by atoms with Gasteiger partial charge < -0.3 is 9.26 Å². The molecule has 0 aromatic carbocycles. The third-order valence-electron chi connectivity index (χ3n) is 4.02. The lowest BCUT2D eigenvalue weighted by molar-refractivity contribution is 0.406. The molecule has 0 spiro atoms. The molecule has 0 amide bonds. The van der Waals surface area contributed by atoms with Crippen LogP contribution in [0, 0.1) is 20.8 Å². The van der Waals surface area contributed by atoms with E-state index < -0.39 is 10.0 Å². The minimum Gasteiger partial charge on any atom is -0.496 e. The van der Waals surface area contributed by atoms with Gasteiger partial charge in [0.2, 0.25) is 10.0 Å². The Morgan fingerprint density at radius 3 is 2.73 bits per heavy atom. The Labute approximate surface area is 156 Å². The number of thiophene rings is 1. The molecule has 0 atom stereocenters. The third kappa shape index (κ3) is 3.50. The van der Waals surface area contributed by atoms with Crippen LogP contribution in [0.25, 0.3) is 10.6 Å². The van der Waals surface area contributed by atoms with Gasteiger partial charge in [0.15, 0.2) is 5.76 Å². The number of hydrogen-bond donors (Lipinski definition) is 1. The van der Waals surface area contributed by atoms with E-state index in [0.717, 1.165) is 11.1 Å². The summed E-state index contributed by atoms with van der Waals surface area (Å²) in [7, 11) is -2.10. The maximum absolute atomic E-state index is 12.7. The minimum atomic E-state index is -3.69. The van der Waals surface area contributed by atoms with Crippen LogP contribution in [0.5, 0.6) is 5.75 Å². The van der Waals surface area contributed by atoms with Crippen molar-refractivity contribution < 1.29 is 17.7 Å². The quantitative estimate of drug-likeness (QED) is 0.691. The molecule has 3 rings (SSSR count).